The first-order valence-corrected chi connectivity index (χ1v) is 17.1. The molecule has 4 aromatic rings. The minimum Gasteiger partial charge on any atom is -0.489 e. The third kappa shape index (κ3) is 6.42. The number of sulfonamides is 1. The van der Waals surface area contributed by atoms with Crippen molar-refractivity contribution in [3.8, 4) is 17.0 Å². The zero-order valence-electron chi connectivity index (χ0n) is 25.2. The Morgan fingerprint density at radius 2 is 1.73 bits per heavy atom. The summed E-state index contributed by atoms with van der Waals surface area (Å²) in [6, 6.07) is 19.1. The number of aromatic nitrogens is 1. The zero-order valence-corrected chi connectivity index (χ0v) is 26.0. The molecule has 0 radical (unpaired) electrons. The number of rotatable bonds is 9. The molecule has 10 heteroatoms. The molecule has 2 aliphatic rings. The highest BCUT2D eigenvalue weighted by molar-refractivity contribution is 7.92. The maximum atomic E-state index is 11.9. The summed E-state index contributed by atoms with van der Waals surface area (Å²) in [6.45, 7) is 3.05. The minimum atomic E-state index is -3.42. The number of carboxylic acid groups (broad SMARTS) is 1. The molecular formula is C34H39N3O6S. The maximum absolute atomic E-state index is 11.9. The van der Waals surface area contributed by atoms with Crippen molar-refractivity contribution in [3.05, 3.63) is 77.4 Å². The SMILES string of the molecule is Cn1c(-c2ccc(OCc3cc(NS(C)(=O)=O)ccc3N3CCOCC3)cc2)c(C2CCCCC2)c2ccc(C(=O)O)cc21. The fourth-order valence-corrected chi connectivity index (χ4v) is 7.27. The Morgan fingerprint density at radius 1 is 1.00 bits per heavy atom. The van der Waals surface area contributed by atoms with E-state index in [1.54, 1.807) is 18.2 Å². The van der Waals surface area contributed by atoms with Gasteiger partial charge in [-0.2, -0.15) is 0 Å². The van der Waals surface area contributed by atoms with E-state index in [-0.39, 0.29) is 12.2 Å². The summed E-state index contributed by atoms with van der Waals surface area (Å²) < 4.78 is 40.3. The van der Waals surface area contributed by atoms with Crippen LogP contribution in [-0.2, 0) is 28.4 Å². The molecule has 6 rings (SSSR count). The highest BCUT2D eigenvalue weighted by Gasteiger charge is 2.26. The van der Waals surface area contributed by atoms with Crippen LogP contribution in [0.2, 0.25) is 0 Å². The van der Waals surface area contributed by atoms with Crippen LogP contribution >= 0.6 is 0 Å². The van der Waals surface area contributed by atoms with E-state index in [2.05, 4.69) is 26.3 Å². The molecule has 0 spiro atoms. The van der Waals surface area contributed by atoms with Crippen LogP contribution in [0.25, 0.3) is 22.2 Å². The van der Waals surface area contributed by atoms with E-state index in [9.17, 15) is 18.3 Å². The van der Waals surface area contributed by atoms with Gasteiger partial charge in [-0.3, -0.25) is 4.72 Å². The number of morpholine rings is 1. The quantitative estimate of drug-likeness (QED) is 0.224. The van der Waals surface area contributed by atoms with E-state index < -0.39 is 16.0 Å². The number of hydrogen-bond donors (Lipinski definition) is 2. The van der Waals surface area contributed by atoms with E-state index in [0.29, 0.717) is 30.6 Å². The number of ether oxygens (including phenoxy) is 2. The first-order valence-electron chi connectivity index (χ1n) is 15.2. The number of hydrogen-bond acceptors (Lipinski definition) is 6. The summed E-state index contributed by atoms with van der Waals surface area (Å²) in [5.74, 6) is 0.208. The first-order chi connectivity index (χ1) is 21.2. The molecule has 2 fully saturated rings. The molecule has 0 bridgehead atoms. The highest BCUT2D eigenvalue weighted by atomic mass is 32.2. The van der Waals surface area contributed by atoms with Crippen molar-refractivity contribution >= 4 is 38.3 Å². The van der Waals surface area contributed by atoms with Gasteiger partial charge in [0.25, 0.3) is 0 Å². The Balaban J connectivity index is 1.30. The van der Waals surface area contributed by atoms with Crippen molar-refractivity contribution in [2.75, 3.05) is 42.2 Å². The molecule has 1 aliphatic carbocycles. The molecule has 1 aromatic heterocycles. The van der Waals surface area contributed by atoms with E-state index in [1.165, 1.54) is 24.8 Å². The first kappa shape index (κ1) is 30.0. The van der Waals surface area contributed by atoms with Crippen LogP contribution in [0.3, 0.4) is 0 Å². The van der Waals surface area contributed by atoms with E-state index in [4.69, 9.17) is 9.47 Å². The molecule has 44 heavy (non-hydrogen) atoms. The van der Waals surface area contributed by atoms with Gasteiger partial charge in [-0.15, -0.1) is 0 Å². The van der Waals surface area contributed by atoms with Gasteiger partial charge in [0.05, 0.1) is 30.7 Å². The lowest BCUT2D eigenvalue weighted by atomic mass is 9.82. The average molecular weight is 618 g/mol. The van der Waals surface area contributed by atoms with Crippen molar-refractivity contribution in [2.45, 2.75) is 44.6 Å². The van der Waals surface area contributed by atoms with E-state index in [0.717, 1.165) is 65.6 Å². The van der Waals surface area contributed by atoms with E-state index in [1.807, 2.05) is 37.4 Å². The predicted molar refractivity (Wildman–Crippen MR) is 173 cm³/mol. The molecule has 0 amide bonds. The monoisotopic (exact) mass is 617 g/mol. The molecule has 232 valence electrons. The van der Waals surface area contributed by atoms with Crippen LogP contribution in [0, 0.1) is 0 Å². The lowest BCUT2D eigenvalue weighted by molar-refractivity contribution is 0.0697. The second kappa shape index (κ2) is 12.5. The van der Waals surface area contributed by atoms with Gasteiger partial charge in [-0.1, -0.05) is 25.3 Å². The molecule has 2 N–H and O–H groups in total. The Kier molecular flexibility index (Phi) is 8.55. The minimum absolute atomic E-state index is 0.269. The Labute approximate surface area is 258 Å². The predicted octanol–water partition coefficient (Wildman–Crippen LogP) is 6.38. The van der Waals surface area contributed by atoms with Gasteiger partial charge in [0.2, 0.25) is 10.0 Å². The van der Waals surface area contributed by atoms with Crippen molar-refractivity contribution in [1.82, 2.24) is 4.57 Å². The number of aryl methyl sites for hydroxylation is 1. The second-order valence-electron chi connectivity index (χ2n) is 11.8. The number of benzene rings is 3. The molecule has 0 unspecified atom stereocenters. The van der Waals surface area contributed by atoms with Crippen molar-refractivity contribution < 1.29 is 27.8 Å². The number of nitrogens with one attached hydrogen (secondary N) is 1. The number of carboxylic acids is 1. The molecule has 1 saturated heterocycles. The molecule has 1 saturated carbocycles. The van der Waals surface area contributed by atoms with Gasteiger partial charge < -0.3 is 24.0 Å². The maximum Gasteiger partial charge on any atom is 0.335 e. The van der Waals surface area contributed by atoms with Crippen LogP contribution in [0.15, 0.2) is 60.7 Å². The fourth-order valence-electron chi connectivity index (χ4n) is 6.71. The molecule has 1 aliphatic heterocycles. The average Bonchev–Trinajstić information content (AvgIpc) is 3.32. The zero-order chi connectivity index (χ0) is 30.8. The lowest BCUT2D eigenvalue weighted by Crippen LogP contribution is -2.36. The van der Waals surface area contributed by atoms with Gasteiger partial charge >= 0.3 is 5.97 Å². The summed E-state index contributed by atoms with van der Waals surface area (Å²) in [7, 11) is -1.40. The summed E-state index contributed by atoms with van der Waals surface area (Å²) in [6.07, 6.45) is 7.06. The van der Waals surface area contributed by atoms with Crippen molar-refractivity contribution in [3.63, 3.8) is 0 Å². The number of anilines is 2. The van der Waals surface area contributed by atoms with E-state index >= 15 is 0 Å². The Bertz CT molecular complexity index is 1770. The summed E-state index contributed by atoms with van der Waals surface area (Å²) in [5.41, 5.74) is 7.07. The number of nitrogens with zero attached hydrogens (tertiary/aromatic N) is 2. The van der Waals surface area contributed by atoms with Crippen LogP contribution in [0.5, 0.6) is 5.75 Å². The third-order valence-electron chi connectivity index (χ3n) is 8.76. The Hall–Kier alpha value is -4.02. The van der Waals surface area contributed by atoms with Gasteiger partial charge in [0.1, 0.15) is 12.4 Å². The second-order valence-corrected chi connectivity index (χ2v) is 13.6. The number of aromatic carboxylic acids is 1. The number of fused-ring (bicyclic) bond motifs is 1. The van der Waals surface area contributed by atoms with Crippen LogP contribution in [0.4, 0.5) is 11.4 Å². The van der Waals surface area contributed by atoms with Gasteiger partial charge in [0.15, 0.2) is 0 Å². The smallest absolute Gasteiger partial charge is 0.335 e. The molecule has 0 atom stereocenters. The van der Waals surface area contributed by atoms with Gasteiger partial charge in [-0.05, 0) is 84.5 Å². The lowest BCUT2D eigenvalue weighted by Gasteiger charge is -2.31. The standard InChI is InChI=1S/C34H39N3O6S/c1-36-31-21-25(34(38)39)10-14-29(31)32(23-6-4-3-5-7-23)33(36)24-8-12-28(13-9-24)43-22-26-20-27(35-44(2,40)41)11-15-30(26)37-16-18-42-19-17-37/h8-15,20-21,23,35H,3-7,16-19,22H2,1-2H3,(H,38,39). The summed E-state index contributed by atoms with van der Waals surface area (Å²) in [5, 5.41) is 10.8. The highest BCUT2D eigenvalue weighted by Crippen LogP contribution is 2.44. The van der Waals surface area contributed by atoms with Crippen LogP contribution in [-0.4, -0.2) is 56.6 Å². The normalized spacial score (nSPS) is 16.3. The third-order valence-corrected chi connectivity index (χ3v) is 9.36. The van der Waals surface area contributed by atoms with Crippen LogP contribution < -0.4 is 14.4 Å². The van der Waals surface area contributed by atoms with Crippen molar-refractivity contribution in [2.24, 2.45) is 7.05 Å². The van der Waals surface area contributed by atoms with Crippen molar-refractivity contribution in [1.29, 1.82) is 0 Å². The van der Waals surface area contributed by atoms with Gasteiger partial charge in [-0.25, -0.2) is 13.2 Å². The topological polar surface area (TPSA) is 110 Å². The van der Waals surface area contributed by atoms with Gasteiger partial charge in [0, 0.05) is 48.0 Å². The number of carbonyl (C=O) groups is 1. The molecule has 9 nitrogen and oxygen atoms in total. The fraction of sp³-hybridized carbons (Fsp3) is 0.382. The molecule has 3 aromatic carbocycles. The molecular weight excluding hydrogens is 578 g/mol. The van der Waals surface area contributed by atoms with Crippen LogP contribution in [0.1, 0.15) is 59.5 Å². The summed E-state index contributed by atoms with van der Waals surface area (Å²) >= 11 is 0. The molecule has 2 heterocycles. The summed E-state index contributed by atoms with van der Waals surface area (Å²) in [4.78, 5) is 14.0. The Morgan fingerprint density at radius 3 is 2.41 bits per heavy atom. The largest absolute Gasteiger partial charge is 0.489 e.